The lowest BCUT2D eigenvalue weighted by Gasteiger charge is -2.50. The van der Waals surface area contributed by atoms with Crippen LogP contribution in [0.4, 0.5) is 5.82 Å². The van der Waals surface area contributed by atoms with E-state index in [2.05, 4.69) is 26.6 Å². The number of anilines is 1. The normalized spacial score (nSPS) is 16.6. The molecule has 1 aliphatic heterocycles. The van der Waals surface area contributed by atoms with Crippen molar-refractivity contribution in [3.8, 4) is 11.4 Å². The summed E-state index contributed by atoms with van der Waals surface area (Å²) >= 11 is 0. The Balaban J connectivity index is 1.19. The summed E-state index contributed by atoms with van der Waals surface area (Å²) < 4.78 is 24.1. The first-order chi connectivity index (χ1) is 19.2. The molecule has 2 N–H and O–H groups in total. The molecule has 40 heavy (non-hydrogen) atoms. The van der Waals surface area contributed by atoms with Gasteiger partial charge in [0.1, 0.15) is 5.82 Å². The van der Waals surface area contributed by atoms with E-state index in [0.717, 1.165) is 54.0 Å². The molecule has 1 spiro atoms. The van der Waals surface area contributed by atoms with Crippen molar-refractivity contribution in [3.05, 3.63) is 77.6 Å². The molecule has 1 amide bonds. The largest absolute Gasteiger partial charge is 0.353 e. The first kappa shape index (κ1) is 26.3. The molecule has 3 aromatic heterocycles. The SMILES string of the molecule is Cc1ccc(C(=O)NCc2cc3nc(-c4cccc(N5CCNC6(CCC6)C5)n4)ccc3cn2)cc1S(C)(=O)=O. The maximum absolute atomic E-state index is 12.8. The standard InChI is InChI=1S/C30H32N6O3S/c1-20-7-8-21(15-27(20)40(2,38)39)29(37)32-18-23-16-26-22(17-31-23)9-10-25(34-26)24-5-3-6-28(35-24)36-14-13-33-30(19-36)11-4-12-30/h3,5-10,15-17,33H,4,11-14,18-19H2,1-2H3,(H,32,37). The predicted octanol–water partition coefficient (Wildman–Crippen LogP) is 3.67. The third kappa shape index (κ3) is 5.29. The molecular formula is C30H32N6O3S. The van der Waals surface area contributed by atoms with Crippen molar-refractivity contribution in [3.63, 3.8) is 0 Å². The molecule has 9 nitrogen and oxygen atoms in total. The van der Waals surface area contributed by atoms with Gasteiger partial charge in [-0.25, -0.2) is 18.4 Å². The van der Waals surface area contributed by atoms with E-state index in [1.54, 1.807) is 25.3 Å². The summed E-state index contributed by atoms with van der Waals surface area (Å²) in [6.45, 7) is 4.77. The number of fused-ring (bicyclic) bond motifs is 1. The summed E-state index contributed by atoms with van der Waals surface area (Å²) in [5.74, 6) is 0.603. The highest BCUT2D eigenvalue weighted by molar-refractivity contribution is 7.90. The fraction of sp³-hybridized carbons (Fsp3) is 0.333. The smallest absolute Gasteiger partial charge is 0.251 e. The molecule has 206 valence electrons. The zero-order valence-corrected chi connectivity index (χ0v) is 23.5. The molecule has 4 aromatic rings. The molecule has 0 bridgehead atoms. The van der Waals surface area contributed by atoms with Crippen LogP contribution in [0.2, 0.25) is 0 Å². The van der Waals surface area contributed by atoms with Gasteiger partial charge in [-0.3, -0.25) is 9.78 Å². The molecule has 1 saturated heterocycles. The number of piperazine rings is 1. The van der Waals surface area contributed by atoms with Crippen molar-refractivity contribution in [1.82, 2.24) is 25.6 Å². The van der Waals surface area contributed by atoms with Crippen molar-refractivity contribution in [2.75, 3.05) is 30.8 Å². The van der Waals surface area contributed by atoms with Crippen LogP contribution in [0.5, 0.6) is 0 Å². The Morgan fingerprint density at radius 1 is 1.07 bits per heavy atom. The summed E-state index contributed by atoms with van der Waals surface area (Å²) in [4.78, 5) is 29.6. The highest BCUT2D eigenvalue weighted by atomic mass is 32.2. The van der Waals surface area contributed by atoms with Gasteiger partial charge in [-0.2, -0.15) is 0 Å². The van der Waals surface area contributed by atoms with Gasteiger partial charge in [0.25, 0.3) is 5.91 Å². The van der Waals surface area contributed by atoms with Crippen LogP contribution < -0.4 is 15.5 Å². The average Bonchev–Trinajstić information content (AvgIpc) is 2.94. The number of hydrogen-bond acceptors (Lipinski definition) is 8. The molecule has 2 fully saturated rings. The van der Waals surface area contributed by atoms with Crippen molar-refractivity contribution in [2.24, 2.45) is 0 Å². The number of hydrogen-bond donors (Lipinski definition) is 2. The third-order valence-corrected chi connectivity index (χ3v) is 9.16. The number of aromatic nitrogens is 3. The maximum atomic E-state index is 12.8. The summed E-state index contributed by atoms with van der Waals surface area (Å²) in [5.41, 5.74) is 4.12. The van der Waals surface area contributed by atoms with E-state index in [9.17, 15) is 13.2 Å². The number of amides is 1. The van der Waals surface area contributed by atoms with Crippen LogP contribution in [-0.2, 0) is 16.4 Å². The monoisotopic (exact) mass is 556 g/mol. The van der Waals surface area contributed by atoms with Crippen molar-refractivity contribution >= 4 is 32.5 Å². The van der Waals surface area contributed by atoms with E-state index in [1.807, 2.05) is 30.3 Å². The van der Waals surface area contributed by atoms with Crippen LogP contribution in [0.1, 0.15) is 40.9 Å². The molecule has 2 aliphatic rings. The van der Waals surface area contributed by atoms with Crippen LogP contribution in [0.3, 0.4) is 0 Å². The molecule has 1 aromatic carbocycles. The third-order valence-electron chi connectivity index (χ3n) is 7.92. The van der Waals surface area contributed by atoms with Gasteiger partial charge >= 0.3 is 0 Å². The van der Waals surface area contributed by atoms with E-state index >= 15 is 0 Å². The quantitative estimate of drug-likeness (QED) is 0.370. The molecular weight excluding hydrogens is 524 g/mol. The number of nitrogens with zero attached hydrogens (tertiary/aromatic N) is 4. The number of carbonyl (C=O) groups is 1. The Hall–Kier alpha value is -3.89. The number of benzene rings is 1. The zero-order valence-electron chi connectivity index (χ0n) is 22.6. The van der Waals surface area contributed by atoms with E-state index in [0.29, 0.717) is 11.3 Å². The minimum absolute atomic E-state index is 0.151. The molecule has 1 saturated carbocycles. The molecule has 0 atom stereocenters. The van der Waals surface area contributed by atoms with Crippen LogP contribution in [0.25, 0.3) is 22.3 Å². The first-order valence-electron chi connectivity index (χ1n) is 13.5. The van der Waals surface area contributed by atoms with Gasteiger partial charge in [-0.15, -0.1) is 0 Å². The van der Waals surface area contributed by atoms with E-state index in [1.165, 1.54) is 25.3 Å². The predicted molar refractivity (Wildman–Crippen MR) is 155 cm³/mol. The van der Waals surface area contributed by atoms with Gasteiger partial charge in [0, 0.05) is 48.6 Å². The van der Waals surface area contributed by atoms with E-state index < -0.39 is 9.84 Å². The summed E-state index contributed by atoms with van der Waals surface area (Å²) in [6, 6.07) is 16.6. The Kier molecular flexibility index (Phi) is 6.75. The topological polar surface area (TPSA) is 117 Å². The van der Waals surface area contributed by atoms with Crippen molar-refractivity contribution in [2.45, 2.75) is 43.2 Å². The van der Waals surface area contributed by atoms with Gasteiger partial charge in [-0.1, -0.05) is 12.1 Å². The molecule has 0 radical (unpaired) electrons. The van der Waals surface area contributed by atoms with E-state index in [-0.39, 0.29) is 28.4 Å². The molecule has 1 aliphatic carbocycles. The second-order valence-electron chi connectivity index (χ2n) is 10.9. The Morgan fingerprint density at radius 3 is 2.67 bits per heavy atom. The number of pyridine rings is 3. The second kappa shape index (κ2) is 10.3. The minimum atomic E-state index is -3.43. The molecule has 10 heteroatoms. The lowest BCUT2D eigenvalue weighted by atomic mass is 9.75. The number of rotatable bonds is 6. The summed E-state index contributed by atoms with van der Waals surface area (Å²) in [6.07, 6.45) is 6.60. The highest BCUT2D eigenvalue weighted by Crippen LogP contribution is 2.35. The summed E-state index contributed by atoms with van der Waals surface area (Å²) in [5, 5.41) is 7.43. The van der Waals surface area contributed by atoms with Crippen LogP contribution in [0.15, 0.2) is 65.7 Å². The van der Waals surface area contributed by atoms with Crippen LogP contribution >= 0.6 is 0 Å². The molecule has 6 rings (SSSR count). The Labute approximate surface area is 234 Å². The Morgan fingerprint density at radius 2 is 1.90 bits per heavy atom. The Bertz CT molecular complexity index is 1720. The molecule has 0 unspecified atom stereocenters. The lowest BCUT2D eigenvalue weighted by Crippen LogP contribution is -2.64. The lowest BCUT2D eigenvalue weighted by molar-refractivity contribution is 0.0950. The number of nitrogens with one attached hydrogen (secondary N) is 2. The van der Waals surface area contributed by atoms with Crippen molar-refractivity contribution in [1.29, 1.82) is 0 Å². The zero-order chi connectivity index (χ0) is 27.9. The number of aryl methyl sites for hydroxylation is 1. The van der Waals surface area contributed by atoms with Gasteiger partial charge in [0.05, 0.1) is 34.0 Å². The maximum Gasteiger partial charge on any atom is 0.251 e. The summed E-state index contributed by atoms with van der Waals surface area (Å²) in [7, 11) is -3.43. The molecule has 4 heterocycles. The average molecular weight is 557 g/mol. The highest BCUT2D eigenvalue weighted by Gasteiger charge is 2.40. The number of sulfone groups is 1. The first-order valence-corrected chi connectivity index (χ1v) is 15.4. The van der Waals surface area contributed by atoms with Crippen molar-refractivity contribution < 1.29 is 13.2 Å². The fourth-order valence-electron chi connectivity index (χ4n) is 5.54. The van der Waals surface area contributed by atoms with Gasteiger partial charge in [0.15, 0.2) is 9.84 Å². The number of carbonyl (C=O) groups excluding carboxylic acids is 1. The van der Waals surface area contributed by atoms with Gasteiger partial charge < -0.3 is 15.5 Å². The van der Waals surface area contributed by atoms with E-state index in [4.69, 9.17) is 9.97 Å². The van der Waals surface area contributed by atoms with Crippen LogP contribution in [-0.4, -0.2) is 60.7 Å². The van der Waals surface area contributed by atoms with Crippen LogP contribution in [0, 0.1) is 6.92 Å². The van der Waals surface area contributed by atoms with Gasteiger partial charge in [-0.05, 0) is 74.2 Å². The fourth-order valence-corrected chi connectivity index (χ4v) is 6.54. The minimum Gasteiger partial charge on any atom is -0.353 e. The van der Waals surface area contributed by atoms with Gasteiger partial charge in [0.2, 0.25) is 0 Å². The second-order valence-corrected chi connectivity index (χ2v) is 12.8.